The van der Waals surface area contributed by atoms with E-state index in [1.807, 2.05) is 11.9 Å². The van der Waals surface area contributed by atoms with Crippen molar-refractivity contribution in [3.63, 3.8) is 0 Å². The number of rotatable bonds is 0. The van der Waals surface area contributed by atoms with Crippen LogP contribution in [0.1, 0.15) is 0 Å². The summed E-state index contributed by atoms with van der Waals surface area (Å²) in [6.45, 7) is 1.38. The van der Waals surface area contributed by atoms with E-state index < -0.39 is 0 Å². The smallest absolute Gasteiger partial charge is 0.259 e. The minimum absolute atomic E-state index is 0.191. The molecule has 1 rings (SSSR count). The van der Waals surface area contributed by atoms with Crippen molar-refractivity contribution in [1.82, 2.24) is 4.90 Å². The first-order valence-electron chi connectivity index (χ1n) is 3.08. The zero-order valence-corrected chi connectivity index (χ0v) is 6.65. The monoisotopic (exact) mass is 155 g/mol. The van der Waals surface area contributed by atoms with Crippen LogP contribution in [-0.2, 0) is 4.74 Å². The molecule has 1 aliphatic rings. The van der Waals surface area contributed by atoms with Crippen molar-refractivity contribution in [2.75, 3.05) is 20.2 Å². The third kappa shape index (κ3) is 1.39. The summed E-state index contributed by atoms with van der Waals surface area (Å²) in [6.07, 6.45) is 5.21. The first-order chi connectivity index (χ1) is 4.74. The van der Waals surface area contributed by atoms with E-state index in [0.717, 1.165) is 6.54 Å². The van der Waals surface area contributed by atoms with Gasteiger partial charge in [-0.1, -0.05) is 5.92 Å². The van der Waals surface area contributed by atoms with Crippen molar-refractivity contribution in [3.8, 4) is 12.3 Å². The van der Waals surface area contributed by atoms with Crippen LogP contribution in [0.15, 0.2) is 0 Å². The average molecular weight is 155 g/mol. The molecular weight excluding hydrogens is 146 g/mol. The van der Waals surface area contributed by atoms with E-state index in [0.29, 0.717) is 11.8 Å². The van der Waals surface area contributed by atoms with Crippen molar-refractivity contribution in [3.05, 3.63) is 0 Å². The molecule has 1 atom stereocenters. The van der Waals surface area contributed by atoms with E-state index in [1.165, 1.54) is 0 Å². The zero-order chi connectivity index (χ0) is 7.56. The lowest BCUT2D eigenvalue weighted by Gasteiger charge is -2.28. The Morgan fingerprint density at radius 2 is 2.60 bits per heavy atom. The summed E-state index contributed by atoms with van der Waals surface area (Å²) in [4.78, 5) is 1.85. The van der Waals surface area contributed by atoms with Crippen molar-refractivity contribution < 1.29 is 4.74 Å². The summed E-state index contributed by atoms with van der Waals surface area (Å²) < 4.78 is 5.11. The van der Waals surface area contributed by atoms with Crippen LogP contribution < -0.4 is 0 Å². The van der Waals surface area contributed by atoms with E-state index in [1.54, 1.807) is 0 Å². The fraction of sp³-hybridized carbons (Fsp3) is 0.571. The molecular formula is C7H9NOS. The lowest BCUT2D eigenvalue weighted by Crippen LogP contribution is -2.39. The van der Waals surface area contributed by atoms with Crippen LogP contribution >= 0.6 is 12.2 Å². The highest BCUT2D eigenvalue weighted by atomic mass is 32.1. The van der Waals surface area contributed by atoms with Crippen molar-refractivity contribution in [2.45, 2.75) is 0 Å². The standard InChI is InChI=1S/C7H9NOS/c1-3-6-4-8(2)7(10)9-5-6/h1,6H,4-5H2,2H3. The Morgan fingerprint density at radius 1 is 1.90 bits per heavy atom. The molecule has 1 aliphatic heterocycles. The number of nitrogens with zero attached hydrogens (tertiary/aromatic N) is 1. The fourth-order valence-electron chi connectivity index (χ4n) is 0.841. The van der Waals surface area contributed by atoms with E-state index in [-0.39, 0.29) is 5.92 Å². The van der Waals surface area contributed by atoms with Gasteiger partial charge in [0.1, 0.15) is 6.61 Å². The Labute approximate surface area is 66.2 Å². The van der Waals surface area contributed by atoms with Gasteiger partial charge < -0.3 is 9.64 Å². The second kappa shape index (κ2) is 2.89. The maximum Gasteiger partial charge on any atom is 0.259 e. The molecule has 2 nitrogen and oxygen atoms in total. The van der Waals surface area contributed by atoms with Crippen LogP contribution in [0.3, 0.4) is 0 Å². The van der Waals surface area contributed by atoms with Gasteiger partial charge in [0, 0.05) is 13.6 Å². The Balaban J connectivity index is 2.50. The summed E-state index contributed by atoms with van der Waals surface area (Å²) >= 11 is 4.86. The van der Waals surface area contributed by atoms with Crippen LogP contribution in [0.4, 0.5) is 0 Å². The van der Waals surface area contributed by atoms with Gasteiger partial charge in [-0.15, -0.1) is 6.42 Å². The molecule has 0 aromatic heterocycles. The predicted octanol–water partition coefficient (Wildman–Crippen LogP) is 0.483. The fourth-order valence-corrected chi connectivity index (χ4v) is 0.983. The van der Waals surface area contributed by atoms with Gasteiger partial charge in [-0.2, -0.15) is 0 Å². The van der Waals surface area contributed by atoms with E-state index in [2.05, 4.69) is 5.92 Å². The summed E-state index contributed by atoms with van der Waals surface area (Å²) in [5, 5.41) is 0.548. The van der Waals surface area contributed by atoms with Gasteiger partial charge in [-0.05, 0) is 12.2 Å². The Hall–Kier alpha value is -0.750. The molecule has 1 unspecified atom stereocenters. The molecule has 0 aromatic carbocycles. The van der Waals surface area contributed by atoms with Crippen molar-refractivity contribution >= 4 is 17.4 Å². The van der Waals surface area contributed by atoms with Gasteiger partial charge in [0.25, 0.3) is 5.17 Å². The predicted molar refractivity (Wildman–Crippen MR) is 43.5 cm³/mol. The molecule has 3 heteroatoms. The van der Waals surface area contributed by atoms with E-state index in [4.69, 9.17) is 23.4 Å². The first-order valence-corrected chi connectivity index (χ1v) is 3.49. The molecule has 1 fully saturated rings. The molecule has 0 aliphatic carbocycles. The Bertz CT molecular complexity index is 185. The van der Waals surface area contributed by atoms with Gasteiger partial charge in [-0.3, -0.25) is 0 Å². The second-order valence-electron chi connectivity index (χ2n) is 2.32. The van der Waals surface area contributed by atoms with E-state index in [9.17, 15) is 0 Å². The van der Waals surface area contributed by atoms with E-state index >= 15 is 0 Å². The maximum atomic E-state index is 5.21. The maximum absolute atomic E-state index is 5.21. The molecule has 54 valence electrons. The lowest BCUT2D eigenvalue weighted by molar-refractivity contribution is 0.170. The SMILES string of the molecule is C#CC1COC(=S)N(C)C1. The van der Waals surface area contributed by atoms with Gasteiger partial charge in [0.2, 0.25) is 0 Å². The molecule has 0 bridgehead atoms. The van der Waals surface area contributed by atoms with Crippen LogP contribution in [0.5, 0.6) is 0 Å². The molecule has 1 heterocycles. The quantitative estimate of drug-likeness (QED) is 0.373. The summed E-state index contributed by atoms with van der Waals surface area (Å²) in [6, 6.07) is 0. The summed E-state index contributed by atoms with van der Waals surface area (Å²) in [5.74, 6) is 2.82. The van der Waals surface area contributed by atoms with Crippen LogP contribution in [0, 0.1) is 18.3 Å². The topological polar surface area (TPSA) is 12.5 Å². The van der Waals surface area contributed by atoms with Crippen molar-refractivity contribution in [2.24, 2.45) is 5.92 Å². The number of ether oxygens (including phenoxy) is 1. The first kappa shape index (κ1) is 7.36. The van der Waals surface area contributed by atoms with Crippen molar-refractivity contribution in [1.29, 1.82) is 0 Å². The molecule has 0 N–H and O–H groups in total. The third-order valence-corrected chi connectivity index (χ3v) is 1.88. The second-order valence-corrected chi connectivity index (χ2v) is 2.67. The van der Waals surface area contributed by atoms with Crippen LogP contribution in [0.25, 0.3) is 0 Å². The highest BCUT2D eigenvalue weighted by Gasteiger charge is 2.18. The summed E-state index contributed by atoms with van der Waals surface area (Å²) in [7, 11) is 1.88. The average Bonchev–Trinajstić information content (AvgIpc) is 1.95. The molecule has 0 spiro atoms. The van der Waals surface area contributed by atoms with Crippen LogP contribution in [-0.4, -0.2) is 30.3 Å². The summed E-state index contributed by atoms with van der Waals surface area (Å²) in [5.41, 5.74) is 0. The molecule has 0 radical (unpaired) electrons. The largest absolute Gasteiger partial charge is 0.470 e. The van der Waals surface area contributed by atoms with Gasteiger partial charge in [0.05, 0.1) is 5.92 Å². The number of terminal acetylenes is 1. The number of hydrogen-bond donors (Lipinski definition) is 0. The Morgan fingerprint density at radius 3 is 3.10 bits per heavy atom. The Kier molecular flexibility index (Phi) is 2.13. The van der Waals surface area contributed by atoms with Crippen LogP contribution in [0.2, 0.25) is 0 Å². The molecule has 1 saturated heterocycles. The molecule has 0 saturated carbocycles. The molecule has 10 heavy (non-hydrogen) atoms. The minimum Gasteiger partial charge on any atom is -0.470 e. The lowest BCUT2D eigenvalue weighted by atomic mass is 10.1. The highest BCUT2D eigenvalue weighted by molar-refractivity contribution is 7.80. The third-order valence-electron chi connectivity index (χ3n) is 1.45. The normalized spacial score (nSPS) is 25.4. The van der Waals surface area contributed by atoms with Gasteiger partial charge in [0.15, 0.2) is 0 Å². The van der Waals surface area contributed by atoms with Gasteiger partial charge >= 0.3 is 0 Å². The molecule has 0 aromatic rings. The number of hydrogen-bond acceptors (Lipinski definition) is 2. The number of thiocarbonyl (C=S) groups is 1. The zero-order valence-electron chi connectivity index (χ0n) is 5.83. The molecule has 0 amide bonds. The van der Waals surface area contributed by atoms with Gasteiger partial charge in [-0.25, -0.2) is 0 Å². The highest BCUT2D eigenvalue weighted by Crippen LogP contribution is 2.07. The minimum atomic E-state index is 0.191.